The summed E-state index contributed by atoms with van der Waals surface area (Å²) in [5, 5.41) is 0. The number of ether oxygens (including phenoxy) is 1. The van der Waals surface area contributed by atoms with Gasteiger partial charge in [-0.25, -0.2) is 4.39 Å². The molecule has 0 aromatic heterocycles. The van der Waals surface area contributed by atoms with Crippen LogP contribution in [0.1, 0.15) is 107 Å². The molecule has 164 valence electrons. The van der Waals surface area contributed by atoms with E-state index in [9.17, 15) is 13.2 Å². The van der Waals surface area contributed by atoms with Crippen molar-refractivity contribution < 1.29 is 22.3 Å². The van der Waals surface area contributed by atoms with Crippen LogP contribution in [0.25, 0.3) is 0 Å². The van der Waals surface area contributed by atoms with E-state index in [1.807, 2.05) is 0 Å². The van der Waals surface area contributed by atoms with E-state index in [1.54, 1.807) is 12.1 Å². The normalized spacial score (nSPS) is 28.5. The number of rotatable bonds is 6. The molecule has 2 atom stereocenters. The van der Waals surface area contributed by atoms with Gasteiger partial charge in [-0.1, -0.05) is 45.2 Å². The van der Waals surface area contributed by atoms with Crippen LogP contribution in [-0.2, 0) is 10.9 Å². The smallest absolute Gasteiger partial charge is 0.378 e. The first-order chi connectivity index (χ1) is 13.8. The average Bonchev–Trinajstić information content (AvgIpc) is 2.69. The fourth-order valence-corrected chi connectivity index (χ4v) is 5.32. The van der Waals surface area contributed by atoms with Gasteiger partial charge in [-0.2, -0.15) is 13.2 Å². The topological polar surface area (TPSA) is 9.23 Å². The Labute approximate surface area is 172 Å². The van der Waals surface area contributed by atoms with E-state index in [-0.39, 0.29) is 29.1 Å². The summed E-state index contributed by atoms with van der Waals surface area (Å²) in [5.74, 6) is -0.947. The molecule has 1 aromatic rings. The Hall–Kier alpha value is -1.10. The first kappa shape index (κ1) is 22.6. The maximum Gasteiger partial charge on any atom is 0.419 e. The Kier molecular flexibility index (Phi) is 7.63. The van der Waals surface area contributed by atoms with Gasteiger partial charge in [0, 0.05) is 5.92 Å². The Morgan fingerprint density at radius 2 is 1.48 bits per heavy atom. The average molecular weight is 415 g/mol. The van der Waals surface area contributed by atoms with Crippen molar-refractivity contribution in [2.45, 2.75) is 102 Å². The molecule has 5 heteroatoms. The predicted octanol–water partition coefficient (Wildman–Crippen LogP) is 7.98. The molecule has 0 spiro atoms. The second-order valence-corrected chi connectivity index (χ2v) is 8.96. The summed E-state index contributed by atoms with van der Waals surface area (Å²) < 4.78 is 62.7. The van der Waals surface area contributed by atoms with Crippen LogP contribution in [0.3, 0.4) is 0 Å². The lowest BCUT2D eigenvalue weighted by Gasteiger charge is -2.32. The Balaban J connectivity index is 1.82. The highest BCUT2D eigenvalue weighted by molar-refractivity contribution is 5.40. The third kappa shape index (κ3) is 5.34. The van der Waals surface area contributed by atoms with Crippen LogP contribution in [0, 0.1) is 11.7 Å². The summed E-state index contributed by atoms with van der Waals surface area (Å²) in [6.45, 7) is 4.53. The van der Waals surface area contributed by atoms with Gasteiger partial charge < -0.3 is 4.74 Å². The molecule has 1 heterocycles. The molecule has 29 heavy (non-hydrogen) atoms. The molecular weight excluding hydrogens is 380 g/mol. The van der Waals surface area contributed by atoms with Crippen LogP contribution in [0.2, 0.25) is 0 Å². The minimum Gasteiger partial charge on any atom is -0.378 e. The van der Waals surface area contributed by atoms with E-state index in [0.29, 0.717) is 18.9 Å². The van der Waals surface area contributed by atoms with E-state index in [2.05, 4.69) is 13.8 Å². The minimum atomic E-state index is -4.67. The van der Waals surface area contributed by atoms with Gasteiger partial charge >= 0.3 is 6.18 Å². The second kappa shape index (κ2) is 9.80. The fourth-order valence-electron chi connectivity index (χ4n) is 5.32. The van der Waals surface area contributed by atoms with Crippen molar-refractivity contribution in [2.75, 3.05) is 6.61 Å². The number of alkyl halides is 3. The first-order valence-corrected chi connectivity index (χ1v) is 11.4. The van der Waals surface area contributed by atoms with Crippen molar-refractivity contribution in [1.29, 1.82) is 0 Å². The number of hydrogen-bond donors (Lipinski definition) is 0. The molecule has 2 unspecified atom stereocenters. The lowest BCUT2D eigenvalue weighted by molar-refractivity contribution is -0.141. The zero-order valence-corrected chi connectivity index (χ0v) is 17.7. The lowest BCUT2D eigenvalue weighted by Crippen LogP contribution is -2.26. The van der Waals surface area contributed by atoms with Crippen molar-refractivity contribution in [3.05, 3.63) is 34.6 Å². The van der Waals surface area contributed by atoms with Gasteiger partial charge in [0.05, 0.1) is 18.3 Å². The zero-order chi connectivity index (χ0) is 21.0. The largest absolute Gasteiger partial charge is 0.419 e. The van der Waals surface area contributed by atoms with E-state index >= 15 is 4.39 Å². The Morgan fingerprint density at radius 1 is 0.862 bits per heavy atom. The van der Waals surface area contributed by atoms with Gasteiger partial charge in [-0.15, -0.1) is 0 Å². The van der Waals surface area contributed by atoms with E-state index in [4.69, 9.17) is 4.74 Å². The van der Waals surface area contributed by atoms with Crippen molar-refractivity contribution in [3.8, 4) is 0 Å². The number of halogens is 4. The number of benzene rings is 1. The highest BCUT2D eigenvalue weighted by Crippen LogP contribution is 2.45. The summed E-state index contributed by atoms with van der Waals surface area (Å²) in [7, 11) is 0. The van der Waals surface area contributed by atoms with Crippen LogP contribution in [0.5, 0.6) is 0 Å². The van der Waals surface area contributed by atoms with Crippen molar-refractivity contribution in [2.24, 2.45) is 5.92 Å². The molecule has 1 saturated carbocycles. The summed E-state index contributed by atoms with van der Waals surface area (Å²) in [4.78, 5) is 0. The van der Waals surface area contributed by atoms with Crippen LogP contribution >= 0.6 is 0 Å². The molecule has 3 rings (SSSR count). The van der Waals surface area contributed by atoms with Crippen molar-refractivity contribution in [3.63, 3.8) is 0 Å². The Morgan fingerprint density at radius 3 is 2.03 bits per heavy atom. The molecule has 1 saturated heterocycles. The summed E-state index contributed by atoms with van der Waals surface area (Å²) in [6, 6.07) is 3.16. The molecule has 2 aliphatic rings. The van der Waals surface area contributed by atoms with E-state index in [1.165, 1.54) is 0 Å². The Bertz CT molecular complexity index is 654. The van der Waals surface area contributed by atoms with Crippen LogP contribution in [0.15, 0.2) is 12.1 Å². The maximum atomic E-state index is 15.2. The zero-order valence-electron chi connectivity index (χ0n) is 17.7. The third-order valence-electron chi connectivity index (χ3n) is 6.89. The SMILES string of the molecule is CCCC1CCC(c2ccc(C3CCC(CCC)OC3)c(F)c2C(F)(F)F)CC1. The molecule has 0 radical (unpaired) electrons. The highest BCUT2D eigenvalue weighted by Gasteiger charge is 2.41. The predicted molar refractivity (Wildman–Crippen MR) is 108 cm³/mol. The first-order valence-electron chi connectivity index (χ1n) is 11.4. The molecule has 0 N–H and O–H groups in total. The highest BCUT2D eigenvalue weighted by atomic mass is 19.4. The molecule has 1 aliphatic carbocycles. The lowest BCUT2D eigenvalue weighted by atomic mass is 9.75. The summed E-state index contributed by atoms with van der Waals surface area (Å²) in [6.07, 6.45) is 4.46. The molecule has 2 fully saturated rings. The molecule has 1 aliphatic heterocycles. The summed E-state index contributed by atoms with van der Waals surface area (Å²) in [5.41, 5.74) is -0.686. The van der Waals surface area contributed by atoms with Gasteiger partial charge in [-0.3, -0.25) is 0 Å². The fraction of sp³-hybridized carbons (Fsp3) is 0.750. The van der Waals surface area contributed by atoms with Crippen LogP contribution in [0.4, 0.5) is 17.6 Å². The van der Waals surface area contributed by atoms with Crippen molar-refractivity contribution in [1.82, 2.24) is 0 Å². The number of hydrogen-bond acceptors (Lipinski definition) is 1. The molecule has 1 nitrogen and oxygen atoms in total. The van der Waals surface area contributed by atoms with Gasteiger partial charge in [0.25, 0.3) is 0 Å². The van der Waals surface area contributed by atoms with Gasteiger partial charge in [0.1, 0.15) is 5.82 Å². The molecule has 1 aromatic carbocycles. The monoisotopic (exact) mass is 414 g/mol. The van der Waals surface area contributed by atoms with Crippen LogP contribution in [-0.4, -0.2) is 12.7 Å². The third-order valence-corrected chi connectivity index (χ3v) is 6.89. The molecule has 0 bridgehead atoms. The summed E-state index contributed by atoms with van der Waals surface area (Å²) >= 11 is 0. The van der Waals surface area contributed by atoms with Gasteiger partial charge in [0.15, 0.2) is 0 Å². The standard InChI is InChI=1S/C24H34F4O/c1-3-5-16-7-9-17(10-8-16)20-13-14-21(23(25)22(20)24(26,27)28)18-11-12-19(6-4-2)29-15-18/h13-14,16-19H,3-12,15H2,1-2H3. The maximum absolute atomic E-state index is 15.2. The van der Waals surface area contributed by atoms with Crippen LogP contribution < -0.4 is 0 Å². The quantitative estimate of drug-likeness (QED) is 0.429. The van der Waals surface area contributed by atoms with E-state index in [0.717, 1.165) is 57.8 Å². The molecule has 0 amide bonds. The van der Waals surface area contributed by atoms with Crippen molar-refractivity contribution >= 4 is 0 Å². The van der Waals surface area contributed by atoms with Gasteiger partial charge in [0.2, 0.25) is 0 Å². The van der Waals surface area contributed by atoms with Gasteiger partial charge in [-0.05, 0) is 67.9 Å². The molecular formula is C24H34F4O. The minimum absolute atomic E-state index is 0.152. The van der Waals surface area contributed by atoms with E-state index < -0.39 is 17.6 Å². The second-order valence-electron chi connectivity index (χ2n) is 8.96.